The molecule has 1 atom stereocenters. The van der Waals surface area contributed by atoms with E-state index in [1.165, 1.54) is 12.7 Å². The van der Waals surface area contributed by atoms with E-state index in [-0.39, 0.29) is 6.03 Å². The predicted octanol–water partition coefficient (Wildman–Crippen LogP) is 3.89. The number of likely N-dealkylation sites (tertiary alicyclic amines) is 1. The van der Waals surface area contributed by atoms with Crippen molar-refractivity contribution in [1.29, 1.82) is 0 Å². The van der Waals surface area contributed by atoms with Crippen molar-refractivity contribution >= 4 is 23.5 Å². The number of anilines is 2. The van der Waals surface area contributed by atoms with Gasteiger partial charge in [0.05, 0.1) is 7.11 Å². The van der Waals surface area contributed by atoms with Crippen molar-refractivity contribution in [1.82, 2.24) is 4.90 Å². The van der Waals surface area contributed by atoms with Gasteiger partial charge in [0.25, 0.3) is 0 Å². The topological polar surface area (TPSA) is 70.7 Å². The minimum absolute atomic E-state index is 0.105. The van der Waals surface area contributed by atoms with E-state index >= 15 is 0 Å². The summed E-state index contributed by atoms with van der Waals surface area (Å²) in [6, 6.07) is 17.1. The first-order valence-electron chi connectivity index (χ1n) is 8.21. The Labute approximate surface area is 146 Å². The summed E-state index contributed by atoms with van der Waals surface area (Å²) in [5.74, 6) is 0.388. The highest BCUT2D eigenvalue weighted by Gasteiger charge is 2.27. The van der Waals surface area contributed by atoms with Crippen molar-refractivity contribution in [2.75, 3.05) is 30.8 Å². The fraction of sp³-hybridized carbons (Fsp3) is 0.263. The van der Waals surface area contributed by atoms with Gasteiger partial charge in [-0.15, -0.1) is 0 Å². The molecule has 0 spiro atoms. The second kappa shape index (κ2) is 7.70. The molecule has 2 aromatic carbocycles. The Hall–Kier alpha value is -3.02. The summed E-state index contributed by atoms with van der Waals surface area (Å²) < 4.78 is 4.54. The molecule has 1 aliphatic rings. The summed E-state index contributed by atoms with van der Waals surface area (Å²) in [6.07, 6.45) is 0.445. The highest BCUT2D eigenvalue weighted by atomic mass is 16.5. The van der Waals surface area contributed by atoms with Crippen molar-refractivity contribution in [2.45, 2.75) is 12.3 Å². The van der Waals surface area contributed by atoms with Crippen LogP contribution in [0.3, 0.4) is 0 Å². The van der Waals surface area contributed by atoms with E-state index in [0.717, 1.165) is 19.5 Å². The molecule has 1 saturated heterocycles. The highest BCUT2D eigenvalue weighted by Crippen LogP contribution is 2.27. The Morgan fingerprint density at radius 3 is 2.28 bits per heavy atom. The predicted molar refractivity (Wildman–Crippen MR) is 96.9 cm³/mol. The van der Waals surface area contributed by atoms with Gasteiger partial charge in [-0.25, -0.2) is 9.59 Å². The second-order valence-corrected chi connectivity index (χ2v) is 5.97. The zero-order valence-corrected chi connectivity index (χ0v) is 14.1. The lowest BCUT2D eigenvalue weighted by molar-refractivity contribution is 0.187. The van der Waals surface area contributed by atoms with E-state index in [0.29, 0.717) is 17.3 Å². The molecule has 0 aromatic heterocycles. The molecule has 6 nitrogen and oxygen atoms in total. The van der Waals surface area contributed by atoms with Crippen LogP contribution in [0.25, 0.3) is 0 Å². The number of hydrogen-bond donors (Lipinski definition) is 2. The first-order valence-corrected chi connectivity index (χ1v) is 8.21. The summed E-state index contributed by atoms with van der Waals surface area (Å²) in [5.41, 5.74) is 2.56. The maximum atomic E-state index is 12.4. The second-order valence-electron chi connectivity index (χ2n) is 5.97. The number of nitrogens with zero attached hydrogens (tertiary/aromatic N) is 1. The normalized spacial score (nSPS) is 16.4. The Kier molecular flexibility index (Phi) is 5.18. The maximum Gasteiger partial charge on any atom is 0.411 e. The van der Waals surface area contributed by atoms with E-state index in [2.05, 4.69) is 27.5 Å². The lowest BCUT2D eigenvalue weighted by Crippen LogP contribution is -2.32. The van der Waals surface area contributed by atoms with Crippen molar-refractivity contribution in [2.24, 2.45) is 0 Å². The zero-order chi connectivity index (χ0) is 17.6. The number of benzene rings is 2. The first kappa shape index (κ1) is 16.8. The fourth-order valence-corrected chi connectivity index (χ4v) is 2.95. The van der Waals surface area contributed by atoms with E-state index in [4.69, 9.17) is 0 Å². The molecular formula is C19H21N3O3. The standard InChI is InChI=1S/C19H21N3O3/c1-25-19(24)21-17-9-7-16(8-10-17)20-18(23)22-12-11-15(13-22)14-5-3-2-4-6-14/h2-10,15H,11-13H2,1H3,(H,20,23)(H,21,24)/t15-/m0/s1. The van der Waals surface area contributed by atoms with E-state index in [9.17, 15) is 9.59 Å². The molecule has 0 bridgehead atoms. The van der Waals surface area contributed by atoms with Gasteiger partial charge in [-0.05, 0) is 36.2 Å². The molecule has 0 radical (unpaired) electrons. The number of urea groups is 1. The first-order chi connectivity index (χ1) is 12.2. The Morgan fingerprint density at radius 1 is 1.00 bits per heavy atom. The van der Waals surface area contributed by atoms with Gasteiger partial charge < -0.3 is 15.0 Å². The van der Waals surface area contributed by atoms with Gasteiger partial charge in [-0.2, -0.15) is 0 Å². The van der Waals surface area contributed by atoms with Crippen LogP contribution in [0.4, 0.5) is 21.0 Å². The summed E-state index contributed by atoms with van der Waals surface area (Å²) in [6.45, 7) is 1.46. The molecule has 1 heterocycles. The van der Waals surface area contributed by atoms with Gasteiger partial charge in [0.15, 0.2) is 0 Å². The van der Waals surface area contributed by atoms with Crippen molar-refractivity contribution in [3.8, 4) is 0 Å². The Bertz CT molecular complexity index is 731. The highest BCUT2D eigenvalue weighted by molar-refractivity contribution is 5.90. The van der Waals surface area contributed by atoms with Gasteiger partial charge in [-0.3, -0.25) is 5.32 Å². The molecule has 0 saturated carbocycles. The van der Waals surface area contributed by atoms with Gasteiger partial charge in [0, 0.05) is 30.4 Å². The van der Waals surface area contributed by atoms with Crippen molar-refractivity contribution in [3.63, 3.8) is 0 Å². The molecule has 3 amide bonds. The van der Waals surface area contributed by atoms with Crippen LogP contribution in [0, 0.1) is 0 Å². The number of methoxy groups -OCH3 is 1. The van der Waals surface area contributed by atoms with Crippen LogP contribution in [-0.4, -0.2) is 37.2 Å². The third-order valence-corrected chi connectivity index (χ3v) is 4.31. The molecule has 25 heavy (non-hydrogen) atoms. The lowest BCUT2D eigenvalue weighted by Gasteiger charge is -2.18. The van der Waals surface area contributed by atoms with Crippen molar-refractivity contribution < 1.29 is 14.3 Å². The minimum atomic E-state index is -0.527. The molecular weight excluding hydrogens is 318 g/mol. The lowest BCUT2D eigenvalue weighted by atomic mass is 9.99. The molecule has 1 fully saturated rings. The number of amides is 3. The Morgan fingerprint density at radius 2 is 1.64 bits per heavy atom. The van der Waals surface area contributed by atoms with Gasteiger partial charge in [0.2, 0.25) is 0 Å². The van der Waals surface area contributed by atoms with E-state index in [1.54, 1.807) is 24.3 Å². The van der Waals surface area contributed by atoms with Crippen LogP contribution in [0.2, 0.25) is 0 Å². The van der Waals surface area contributed by atoms with Crippen LogP contribution in [0.1, 0.15) is 17.9 Å². The van der Waals surface area contributed by atoms with Crippen LogP contribution < -0.4 is 10.6 Å². The zero-order valence-electron chi connectivity index (χ0n) is 14.1. The van der Waals surface area contributed by atoms with Crippen LogP contribution >= 0.6 is 0 Å². The van der Waals surface area contributed by atoms with Gasteiger partial charge >= 0.3 is 12.1 Å². The summed E-state index contributed by atoms with van der Waals surface area (Å²) in [5, 5.41) is 5.46. The maximum absolute atomic E-state index is 12.4. The average molecular weight is 339 g/mol. The summed E-state index contributed by atoms with van der Waals surface area (Å²) in [4.78, 5) is 25.4. The fourth-order valence-electron chi connectivity index (χ4n) is 2.95. The number of carbonyl (C=O) groups is 2. The molecule has 0 unspecified atom stereocenters. The average Bonchev–Trinajstić information content (AvgIpc) is 3.14. The van der Waals surface area contributed by atoms with Crippen molar-refractivity contribution in [3.05, 3.63) is 60.2 Å². The van der Waals surface area contributed by atoms with Crippen LogP contribution in [0.15, 0.2) is 54.6 Å². The number of rotatable bonds is 3. The Balaban J connectivity index is 1.55. The van der Waals surface area contributed by atoms with Gasteiger partial charge in [-0.1, -0.05) is 30.3 Å². The molecule has 0 aliphatic carbocycles. The summed E-state index contributed by atoms with van der Waals surface area (Å²) in [7, 11) is 1.31. The molecule has 1 aliphatic heterocycles. The summed E-state index contributed by atoms with van der Waals surface area (Å²) >= 11 is 0. The van der Waals surface area contributed by atoms with Crippen LogP contribution in [-0.2, 0) is 4.74 Å². The van der Waals surface area contributed by atoms with E-state index < -0.39 is 6.09 Å². The SMILES string of the molecule is COC(=O)Nc1ccc(NC(=O)N2CC[C@H](c3ccccc3)C2)cc1. The van der Waals surface area contributed by atoms with E-state index in [1.807, 2.05) is 23.1 Å². The molecule has 6 heteroatoms. The minimum Gasteiger partial charge on any atom is -0.453 e. The number of hydrogen-bond acceptors (Lipinski definition) is 3. The quantitative estimate of drug-likeness (QED) is 0.891. The molecule has 2 aromatic rings. The molecule has 2 N–H and O–H groups in total. The third kappa shape index (κ3) is 4.29. The van der Waals surface area contributed by atoms with Crippen LogP contribution in [0.5, 0.6) is 0 Å². The molecule has 130 valence electrons. The number of ether oxygens (including phenoxy) is 1. The monoisotopic (exact) mass is 339 g/mol. The third-order valence-electron chi connectivity index (χ3n) is 4.31. The number of carbonyl (C=O) groups excluding carboxylic acids is 2. The number of nitrogens with one attached hydrogen (secondary N) is 2. The van der Waals surface area contributed by atoms with Gasteiger partial charge in [0.1, 0.15) is 0 Å². The largest absolute Gasteiger partial charge is 0.453 e. The smallest absolute Gasteiger partial charge is 0.411 e. The molecule has 3 rings (SSSR count).